The number of hydrogen-bond acceptors (Lipinski definition) is 1. The van der Waals surface area contributed by atoms with E-state index in [0.717, 1.165) is 18.2 Å². The van der Waals surface area contributed by atoms with Crippen molar-refractivity contribution >= 4 is 0 Å². The second kappa shape index (κ2) is 6.72. The molecule has 0 radical (unpaired) electrons. The second-order valence-corrected chi connectivity index (χ2v) is 4.75. The highest BCUT2D eigenvalue weighted by Crippen LogP contribution is 2.22. The maximum atomic E-state index is 13.7. The highest BCUT2D eigenvalue weighted by atomic mass is 19.1. The van der Waals surface area contributed by atoms with Gasteiger partial charge < -0.3 is 5.32 Å². The van der Waals surface area contributed by atoms with Gasteiger partial charge in [-0.05, 0) is 42.3 Å². The zero-order valence-corrected chi connectivity index (χ0v) is 11.5. The first-order valence-electron chi connectivity index (χ1n) is 6.63. The van der Waals surface area contributed by atoms with E-state index < -0.39 is 29.3 Å². The summed E-state index contributed by atoms with van der Waals surface area (Å²) in [5.74, 6) is -2.71. The Balaban J connectivity index is 2.30. The van der Waals surface area contributed by atoms with E-state index in [2.05, 4.69) is 5.32 Å². The lowest BCUT2D eigenvalue weighted by atomic mass is 9.98. The highest BCUT2D eigenvalue weighted by molar-refractivity contribution is 5.26. The van der Waals surface area contributed by atoms with E-state index in [1.165, 1.54) is 18.2 Å². The van der Waals surface area contributed by atoms with Gasteiger partial charge in [0.1, 0.15) is 23.3 Å². The number of likely N-dealkylation sites (N-methyl/N-ethyl adjacent to an activating group) is 1. The van der Waals surface area contributed by atoms with E-state index in [4.69, 9.17) is 0 Å². The van der Waals surface area contributed by atoms with Crippen molar-refractivity contribution in [3.05, 3.63) is 70.8 Å². The van der Waals surface area contributed by atoms with Crippen molar-refractivity contribution in [2.75, 3.05) is 6.54 Å². The van der Waals surface area contributed by atoms with Crippen molar-refractivity contribution in [1.29, 1.82) is 0 Å². The molecule has 1 N–H and O–H groups in total. The van der Waals surface area contributed by atoms with Gasteiger partial charge >= 0.3 is 0 Å². The molecule has 0 saturated carbocycles. The molecule has 0 aliphatic heterocycles. The fourth-order valence-electron chi connectivity index (χ4n) is 2.24. The van der Waals surface area contributed by atoms with Crippen LogP contribution in [0.25, 0.3) is 0 Å². The summed E-state index contributed by atoms with van der Waals surface area (Å²) >= 11 is 0. The van der Waals surface area contributed by atoms with Gasteiger partial charge in [0.05, 0.1) is 0 Å². The highest BCUT2D eigenvalue weighted by Gasteiger charge is 2.16. The van der Waals surface area contributed by atoms with Crippen molar-refractivity contribution in [2.24, 2.45) is 0 Å². The molecular formula is C16H15F4N. The van der Waals surface area contributed by atoms with Crippen LogP contribution in [0.15, 0.2) is 36.4 Å². The molecular weight excluding hydrogens is 282 g/mol. The Morgan fingerprint density at radius 3 is 2.14 bits per heavy atom. The molecule has 0 saturated heterocycles. The van der Waals surface area contributed by atoms with E-state index in [1.54, 1.807) is 0 Å². The first kappa shape index (κ1) is 15.5. The minimum atomic E-state index is -0.688. The summed E-state index contributed by atoms with van der Waals surface area (Å²) in [4.78, 5) is 0. The molecule has 5 heteroatoms. The van der Waals surface area contributed by atoms with E-state index in [9.17, 15) is 17.6 Å². The number of hydrogen-bond donors (Lipinski definition) is 1. The summed E-state index contributed by atoms with van der Waals surface area (Å²) in [6.07, 6.45) is 0.169. The summed E-state index contributed by atoms with van der Waals surface area (Å²) in [6, 6.07) is 6.03. The Labute approximate surface area is 120 Å². The van der Waals surface area contributed by atoms with Gasteiger partial charge in [-0.1, -0.05) is 13.0 Å². The monoisotopic (exact) mass is 297 g/mol. The molecule has 21 heavy (non-hydrogen) atoms. The molecule has 0 heterocycles. The predicted molar refractivity (Wildman–Crippen MR) is 72.8 cm³/mol. The molecule has 0 amide bonds. The lowest BCUT2D eigenvalue weighted by Gasteiger charge is -2.19. The Bertz CT molecular complexity index is 607. The van der Waals surface area contributed by atoms with Crippen molar-refractivity contribution < 1.29 is 17.6 Å². The van der Waals surface area contributed by atoms with Gasteiger partial charge in [0.25, 0.3) is 0 Å². The smallest absolute Gasteiger partial charge is 0.129 e. The standard InChI is InChI=1S/C16H15F4N/c1-2-21-16(11-5-13(18)8-14(19)6-11)7-10-3-4-12(17)9-15(10)20/h3-6,8-9,16,21H,2,7H2,1H3. The van der Waals surface area contributed by atoms with Crippen molar-refractivity contribution in [2.45, 2.75) is 19.4 Å². The molecule has 1 unspecified atom stereocenters. The zero-order chi connectivity index (χ0) is 15.4. The summed E-state index contributed by atoms with van der Waals surface area (Å²) in [6.45, 7) is 2.38. The molecule has 0 spiro atoms. The molecule has 1 atom stereocenters. The molecule has 0 fully saturated rings. The third kappa shape index (κ3) is 4.04. The van der Waals surface area contributed by atoms with E-state index in [1.807, 2.05) is 6.92 Å². The van der Waals surface area contributed by atoms with Crippen LogP contribution in [0, 0.1) is 23.3 Å². The zero-order valence-electron chi connectivity index (χ0n) is 11.5. The third-order valence-electron chi connectivity index (χ3n) is 3.18. The predicted octanol–water partition coefficient (Wildman–Crippen LogP) is 4.14. The molecule has 2 rings (SSSR count). The second-order valence-electron chi connectivity index (χ2n) is 4.75. The average molecular weight is 297 g/mol. The van der Waals surface area contributed by atoms with E-state index in [-0.39, 0.29) is 12.0 Å². The maximum Gasteiger partial charge on any atom is 0.129 e. The minimum absolute atomic E-state index is 0.169. The Kier molecular flexibility index (Phi) is 4.96. The van der Waals surface area contributed by atoms with E-state index in [0.29, 0.717) is 12.1 Å². The van der Waals surface area contributed by atoms with Crippen LogP contribution in [-0.4, -0.2) is 6.54 Å². The Morgan fingerprint density at radius 1 is 0.905 bits per heavy atom. The van der Waals surface area contributed by atoms with Gasteiger partial charge in [0.15, 0.2) is 0 Å². The number of benzene rings is 2. The molecule has 0 aromatic heterocycles. The van der Waals surface area contributed by atoms with Crippen LogP contribution in [0.1, 0.15) is 24.1 Å². The van der Waals surface area contributed by atoms with Crippen LogP contribution < -0.4 is 5.32 Å². The van der Waals surface area contributed by atoms with Crippen molar-refractivity contribution in [3.8, 4) is 0 Å². The summed E-state index contributed by atoms with van der Waals surface area (Å²) in [7, 11) is 0. The van der Waals surface area contributed by atoms with Gasteiger partial charge in [-0.3, -0.25) is 0 Å². The van der Waals surface area contributed by atoms with E-state index >= 15 is 0 Å². The molecule has 2 aromatic rings. The minimum Gasteiger partial charge on any atom is -0.310 e. The molecule has 2 aromatic carbocycles. The SMILES string of the molecule is CCNC(Cc1ccc(F)cc1F)c1cc(F)cc(F)c1. The first-order chi connectivity index (χ1) is 9.99. The van der Waals surface area contributed by atoms with Crippen LogP contribution in [0.5, 0.6) is 0 Å². The van der Waals surface area contributed by atoms with Crippen LogP contribution in [-0.2, 0) is 6.42 Å². The fourth-order valence-corrected chi connectivity index (χ4v) is 2.24. The maximum absolute atomic E-state index is 13.7. The van der Waals surface area contributed by atoms with Crippen LogP contribution in [0.3, 0.4) is 0 Å². The van der Waals surface area contributed by atoms with Crippen LogP contribution in [0.4, 0.5) is 17.6 Å². The molecule has 112 valence electrons. The molecule has 0 aliphatic carbocycles. The van der Waals surface area contributed by atoms with Crippen LogP contribution in [0.2, 0.25) is 0 Å². The van der Waals surface area contributed by atoms with Gasteiger partial charge in [-0.2, -0.15) is 0 Å². The van der Waals surface area contributed by atoms with Crippen molar-refractivity contribution in [1.82, 2.24) is 5.32 Å². The van der Waals surface area contributed by atoms with Gasteiger partial charge in [0.2, 0.25) is 0 Å². The largest absolute Gasteiger partial charge is 0.310 e. The van der Waals surface area contributed by atoms with Gasteiger partial charge in [-0.15, -0.1) is 0 Å². The summed E-state index contributed by atoms with van der Waals surface area (Å²) < 4.78 is 53.2. The lowest BCUT2D eigenvalue weighted by Crippen LogP contribution is -2.23. The Morgan fingerprint density at radius 2 is 1.57 bits per heavy atom. The average Bonchev–Trinajstić information content (AvgIpc) is 2.40. The van der Waals surface area contributed by atoms with Crippen LogP contribution >= 0.6 is 0 Å². The topological polar surface area (TPSA) is 12.0 Å². The molecule has 1 nitrogen and oxygen atoms in total. The van der Waals surface area contributed by atoms with Gasteiger partial charge in [0, 0.05) is 18.2 Å². The quantitative estimate of drug-likeness (QED) is 0.818. The normalized spacial score (nSPS) is 12.4. The number of nitrogens with one attached hydrogen (secondary N) is 1. The fraction of sp³-hybridized carbons (Fsp3) is 0.250. The van der Waals surface area contributed by atoms with Crippen molar-refractivity contribution in [3.63, 3.8) is 0 Å². The number of rotatable bonds is 5. The van der Waals surface area contributed by atoms with Gasteiger partial charge in [-0.25, -0.2) is 17.6 Å². The lowest BCUT2D eigenvalue weighted by molar-refractivity contribution is 0.511. The Hall–Kier alpha value is -1.88. The third-order valence-corrected chi connectivity index (χ3v) is 3.18. The number of halogens is 4. The molecule has 0 bridgehead atoms. The summed E-state index contributed by atoms with van der Waals surface area (Å²) in [5.41, 5.74) is 0.671. The first-order valence-corrected chi connectivity index (χ1v) is 6.63. The molecule has 0 aliphatic rings. The summed E-state index contributed by atoms with van der Waals surface area (Å²) in [5, 5.41) is 3.05.